The molecule has 0 saturated carbocycles. The van der Waals surface area contributed by atoms with E-state index in [2.05, 4.69) is 0 Å². The Labute approximate surface area is 162 Å². The Morgan fingerprint density at radius 1 is 0.786 bits per heavy atom. The molecule has 28 heavy (non-hydrogen) atoms. The largest absolute Gasteiger partial charge is 0.268 e. The van der Waals surface area contributed by atoms with E-state index in [1.165, 1.54) is 12.1 Å². The van der Waals surface area contributed by atoms with Crippen LogP contribution < -0.4 is 4.90 Å². The van der Waals surface area contributed by atoms with Gasteiger partial charge in [0.2, 0.25) is 9.84 Å². The van der Waals surface area contributed by atoms with E-state index in [0.717, 1.165) is 10.5 Å². The third kappa shape index (κ3) is 1.98. The Morgan fingerprint density at radius 3 is 2.18 bits per heavy atom. The van der Waals surface area contributed by atoms with E-state index >= 15 is 0 Å². The van der Waals surface area contributed by atoms with Crippen LogP contribution in [0.5, 0.6) is 0 Å². The molecule has 0 spiro atoms. The lowest BCUT2D eigenvalue weighted by molar-refractivity contribution is 0.0926. The Hall–Kier alpha value is -3.25. The standard InChI is InChI=1S/C22H15NO4S/c1-12-7-9-14(10-8-12)23-21(24)16-11-13(2)20-18(19(16)22(23)25)15-5-3-4-6-17(15)28(20,26)27/h3-11H,1-2H3. The molecule has 2 heterocycles. The number of sulfone groups is 1. The fraction of sp³-hybridized carbons (Fsp3) is 0.0909. The minimum Gasteiger partial charge on any atom is -0.268 e. The Kier molecular flexibility index (Phi) is 3.25. The van der Waals surface area contributed by atoms with Crippen LogP contribution in [0, 0.1) is 13.8 Å². The van der Waals surface area contributed by atoms with Crippen LogP contribution in [-0.4, -0.2) is 20.2 Å². The quantitative estimate of drug-likeness (QED) is 0.463. The predicted molar refractivity (Wildman–Crippen MR) is 104 cm³/mol. The van der Waals surface area contributed by atoms with Crippen molar-refractivity contribution in [2.24, 2.45) is 0 Å². The molecule has 2 aliphatic heterocycles. The van der Waals surface area contributed by atoms with E-state index in [4.69, 9.17) is 0 Å². The summed E-state index contributed by atoms with van der Waals surface area (Å²) in [6, 6.07) is 15.2. The topological polar surface area (TPSA) is 71.5 Å². The highest BCUT2D eigenvalue weighted by molar-refractivity contribution is 7.92. The first kappa shape index (κ1) is 16.9. The Balaban J connectivity index is 1.82. The highest BCUT2D eigenvalue weighted by Gasteiger charge is 2.45. The summed E-state index contributed by atoms with van der Waals surface area (Å²) < 4.78 is 26.1. The van der Waals surface area contributed by atoms with Crippen LogP contribution in [0.2, 0.25) is 0 Å². The number of hydrogen-bond acceptors (Lipinski definition) is 4. The molecule has 0 saturated heterocycles. The third-order valence-electron chi connectivity index (χ3n) is 5.32. The fourth-order valence-corrected chi connectivity index (χ4v) is 5.96. The first-order valence-electron chi connectivity index (χ1n) is 8.80. The normalized spacial score (nSPS) is 16.1. The van der Waals surface area contributed by atoms with Crippen LogP contribution in [0.3, 0.4) is 0 Å². The van der Waals surface area contributed by atoms with Gasteiger partial charge in [0, 0.05) is 11.1 Å². The molecule has 0 radical (unpaired) electrons. The molecular weight excluding hydrogens is 374 g/mol. The summed E-state index contributed by atoms with van der Waals surface area (Å²) >= 11 is 0. The van der Waals surface area contributed by atoms with Crippen molar-refractivity contribution in [3.05, 3.63) is 76.9 Å². The van der Waals surface area contributed by atoms with Crippen molar-refractivity contribution in [2.45, 2.75) is 23.6 Å². The summed E-state index contributed by atoms with van der Waals surface area (Å²) in [5, 5.41) is 0. The van der Waals surface area contributed by atoms with E-state index < -0.39 is 21.7 Å². The molecular formula is C22H15NO4S. The SMILES string of the molecule is Cc1ccc(N2C(=O)c3cc(C)c4c(c3C2=O)-c2ccccc2S4(=O)=O)cc1. The number of benzene rings is 3. The fourth-order valence-electron chi connectivity index (χ4n) is 4.06. The van der Waals surface area contributed by atoms with Gasteiger partial charge in [-0.1, -0.05) is 35.9 Å². The smallest absolute Gasteiger partial charge is 0.266 e. The van der Waals surface area contributed by atoms with Crippen LogP contribution >= 0.6 is 0 Å². The van der Waals surface area contributed by atoms with Crippen molar-refractivity contribution < 1.29 is 18.0 Å². The van der Waals surface area contributed by atoms with Gasteiger partial charge in [-0.05, 0) is 43.7 Å². The van der Waals surface area contributed by atoms with Gasteiger partial charge in [0.05, 0.1) is 26.6 Å². The number of anilines is 1. The average Bonchev–Trinajstić information content (AvgIpc) is 3.05. The van der Waals surface area contributed by atoms with Crippen LogP contribution in [0.15, 0.2) is 64.4 Å². The van der Waals surface area contributed by atoms with Crippen LogP contribution in [0.4, 0.5) is 5.69 Å². The monoisotopic (exact) mass is 389 g/mol. The molecule has 0 fully saturated rings. The van der Waals surface area contributed by atoms with Crippen LogP contribution in [0.1, 0.15) is 31.8 Å². The zero-order valence-electron chi connectivity index (χ0n) is 15.2. The van der Waals surface area contributed by atoms with Crippen molar-refractivity contribution in [1.82, 2.24) is 0 Å². The molecule has 5 nitrogen and oxygen atoms in total. The highest BCUT2D eigenvalue weighted by atomic mass is 32.2. The molecule has 0 aliphatic carbocycles. The first-order valence-corrected chi connectivity index (χ1v) is 10.3. The lowest BCUT2D eigenvalue weighted by Crippen LogP contribution is -2.29. The lowest BCUT2D eigenvalue weighted by atomic mass is 9.94. The molecule has 0 N–H and O–H groups in total. The van der Waals surface area contributed by atoms with Gasteiger partial charge in [-0.25, -0.2) is 13.3 Å². The van der Waals surface area contributed by atoms with Gasteiger partial charge < -0.3 is 0 Å². The van der Waals surface area contributed by atoms with Crippen molar-refractivity contribution >= 4 is 27.3 Å². The highest BCUT2D eigenvalue weighted by Crippen LogP contribution is 2.49. The number of imide groups is 1. The predicted octanol–water partition coefficient (Wildman–Crippen LogP) is 3.92. The molecule has 0 unspecified atom stereocenters. The van der Waals surface area contributed by atoms with Crippen molar-refractivity contribution in [2.75, 3.05) is 4.90 Å². The minimum absolute atomic E-state index is 0.124. The minimum atomic E-state index is -3.73. The third-order valence-corrected chi connectivity index (χ3v) is 7.32. The first-order chi connectivity index (χ1) is 13.3. The Morgan fingerprint density at radius 2 is 1.46 bits per heavy atom. The molecule has 0 aromatic heterocycles. The summed E-state index contributed by atoms with van der Waals surface area (Å²) in [5.74, 6) is -0.927. The van der Waals surface area contributed by atoms with Gasteiger partial charge in [-0.2, -0.15) is 0 Å². The van der Waals surface area contributed by atoms with Crippen molar-refractivity contribution in [3.63, 3.8) is 0 Å². The van der Waals surface area contributed by atoms with E-state index in [1.807, 2.05) is 19.1 Å². The number of rotatable bonds is 1. The van der Waals surface area contributed by atoms with Gasteiger partial charge in [0.15, 0.2) is 0 Å². The summed E-state index contributed by atoms with van der Waals surface area (Å²) in [6.45, 7) is 3.58. The van der Waals surface area contributed by atoms with Crippen molar-refractivity contribution in [3.8, 4) is 11.1 Å². The van der Waals surface area contributed by atoms with Crippen molar-refractivity contribution in [1.29, 1.82) is 0 Å². The molecule has 2 amide bonds. The zero-order valence-corrected chi connectivity index (χ0v) is 16.0. The molecule has 2 aliphatic rings. The number of carbonyl (C=O) groups is 2. The molecule has 6 heteroatoms. The summed E-state index contributed by atoms with van der Waals surface area (Å²) in [6.07, 6.45) is 0. The van der Waals surface area contributed by atoms with Gasteiger partial charge in [0.25, 0.3) is 11.8 Å². The molecule has 0 atom stereocenters. The number of nitrogens with zero attached hydrogens (tertiary/aromatic N) is 1. The van der Waals surface area contributed by atoms with Crippen LogP contribution in [0.25, 0.3) is 11.1 Å². The summed E-state index contributed by atoms with van der Waals surface area (Å²) in [4.78, 5) is 27.8. The van der Waals surface area contributed by atoms with Crippen LogP contribution in [-0.2, 0) is 9.84 Å². The molecule has 5 rings (SSSR count). The Bertz CT molecular complexity index is 1320. The number of hydrogen-bond donors (Lipinski definition) is 0. The molecule has 138 valence electrons. The van der Waals surface area contributed by atoms with E-state index in [9.17, 15) is 18.0 Å². The number of fused-ring (bicyclic) bond motifs is 5. The molecule has 3 aromatic carbocycles. The second-order valence-electron chi connectivity index (χ2n) is 7.10. The second-order valence-corrected chi connectivity index (χ2v) is 8.96. The van der Waals surface area contributed by atoms with Gasteiger partial charge in [0.1, 0.15) is 0 Å². The van der Waals surface area contributed by atoms with E-state index in [1.54, 1.807) is 37.3 Å². The molecule has 3 aromatic rings. The second kappa shape index (κ2) is 5.39. The zero-order chi connectivity index (χ0) is 19.8. The maximum atomic E-state index is 13.3. The maximum Gasteiger partial charge on any atom is 0.266 e. The maximum absolute atomic E-state index is 13.3. The van der Waals surface area contributed by atoms with Gasteiger partial charge >= 0.3 is 0 Å². The van der Waals surface area contributed by atoms with Gasteiger partial charge in [-0.15, -0.1) is 0 Å². The van der Waals surface area contributed by atoms with E-state index in [-0.39, 0.29) is 20.9 Å². The van der Waals surface area contributed by atoms with Gasteiger partial charge in [-0.3, -0.25) is 9.59 Å². The summed E-state index contributed by atoms with van der Waals surface area (Å²) in [7, 11) is -3.73. The average molecular weight is 389 g/mol. The van der Waals surface area contributed by atoms with E-state index in [0.29, 0.717) is 22.4 Å². The number of aryl methyl sites for hydroxylation is 2. The summed E-state index contributed by atoms with van der Waals surface area (Å²) in [5.41, 5.74) is 3.18. The number of amides is 2. The number of carbonyl (C=O) groups excluding carboxylic acids is 2. The molecule has 0 bridgehead atoms. The lowest BCUT2D eigenvalue weighted by Gasteiger charge is -2.14.